The van der Waals surface area contributed by atoms with E-state index in [1.165, 1.54) is 0 Å². The highest BCUT2D eigenvalue weighted by Crippen LogP contribution is 2.30. The van der Waals surface area contributed by atoms with Crippen LogP contribution in [0.25, 0.3) is 0 Å². The van der Waals surface area contributed by atoms with Crippen LogP contribution in [0.2, 0.25) is 0 Å². The lowest BCUT2D eigenvalue weighted by Crippen LogP contribution is -2.56. The van der Waals surface area contributed by atoms with Crippen LogP contribution in [0.4, 0.5) is 5.69 Å². The molecule has 1 aliphatic carbocycles. The molecule has 0 unspecified atom stereocenters. The molecule has 0 heterocycles. The Morgan fingerprint density at radius 3 is 2.59 bits per heavy atom. The summed E-state index contributed by atoms with van der Waals surface area (Å²) in [4.78, 5) is 11.9. The fourth-order valence-electron chi connectivity index (χ4n) is 1.71. The molecule has 1 saturated carbocycles. The zero-order chi connectivity index (χ0) is 11.8. The van der Waals surface area contributed by atoms with Gasteiger partial charge in [0.25, 0.3) is 0 Å². The van der Waals surface area contributed by atoms with Gasteiger partial charge in [-0.05, 0) is 43.9 Å². The summed E-state index contributed by atoms with van der Waals surface area (Å²) in [6.07, 6.45) is 2.61. The molecular formula is C12H16BrClN2O. The molecule has 2 rings (SSSR count). The van der Waals surface area contributed by atoms with Crippen LogP contribution in [0, 0.1) is 6.92 Å². The Labute approximate surface area is 116 Å². The molecular weight excluding hydrogens is 304 g/mol. The van der Waals surface area contributed by atoms with Crippen molar-refractivity contribution in [3.05, 3.63) is 28.2 Å². The Bertz CT molecular complexity index is 433. The smallest absolute Gasteiger partial charge is 0.244 e. The molecule has 0 atom stereocenters. The number of aryl methyl sites for hydroxylation is 1. The summed E-state index contributed by atoms with van der Waals surface area (Å²) < 4.78 is 0.991. The second-order valence-electron chi connectivity index (χ2n) is 4.43. The second-order valence-corrected chi connectivity index (χ2v) is 5.28. The number of halogens is 2. The van der Waals surface area contributed by atoms with Gasteiger partial charge in [0.1, 0.15) is 0 Å². The van der Waals surface area contributed by atoms with Gasteiger partial charge in [-0.2, -0.15) is 0 Å². The second kappa shape index (κ2) is 5.38. The van der Waals surface area contributed by atoms with Crippen LogP contribution >= 0.6 is 28.3 Å². The van der Waals surface area contributed by atoms with Crippen molar-refractivity contribution in [2.75, 3.05) is 5.32 Å². The van der Waals surface area contributed by atoms with Crippen LogP contribution in [0.5, 0.6) is 0 Å². The van der Waals surface area contributed by atoms with E-state index in [0.717, 1.165) is 35.0 Å². The van der Waals surface area contributed by atoms with Gasteiger partial charge >= 0.3 is 0 Å². The first kappa shape index (κ1) is 14.5. The number of hydrogen-bond acceptors (Lipinski definition) is 2. The van der Waals surface area contributed by atoms with Crippen LogP contribution in [0.15, 0.2) is 22.7 Å². The number of rotatable bonds is 2. The molecule has 0 radical (unpaired) electrons. The maximum Gasteiger partial charge on any atom is 0.244 e. The number of benzene rings is 1. The van der Waals surface area contributed by atoms with Crippen molar-refractivity contribution >= 4 is 39.9 Å². The van der Waals surface area contributed by atoms with Gasteiger partial charge in [-0.15, -0.1) is 12.4 Å². The quantitative estimate of drug-likeness (QED) is 0.880. The summed E-state index contributed by atoms with van der Waals surface area (Å²) in [7, 11) is 0. The first-order valence-corrected chi connectivity index (χ1v) is 6.17. The third-order valence-electron chi connectivity index (χ3n) is 3.13. The van der Waals surface area contributed by atoms with Gasteiger partial charge in [-0.3, -0.25) is 4.79 Å². The largest absolute Gasteiger partial charge is 0.324 e. The molecule has 3 N–H and O–H groups in total. The van der Waals surface area contributed by atoms with Gasteiger partial charge < -0.3 is 11.1 Å². The van der Waals surface area contributed by atoms with Gasteiger partial charge in [0.05, 0.1) is 5.54 Å². The Kier molecular flexibility index (Phi) is 4.58. The minimum absolute atomic E-state index is 0. The average Bonchev–Trinajstić information content (AvgIpc) is 2.20. The number of amides is 1. The zero-order valence-corrected chi connectivity index (χ0v) is 12.0. The van der Waals surface area contributed by atoms with Crippen LogP contribution in [-0.2, 0) is 4.79 Å². The number of anilines is 1. The van der Waals surface area contributed by atoms with Crippen LogP contribution in [-0.4, -0.2) is 11.4 Å². The summed E-state index contributed by atoms with van der Waals surface area (Å²) >= 11 is 3.43. The molecule has 0 aromatic heterocycles. The molecule has 1 amide bonds. The van der Waals surface area contributed by atoms with Crippen LogP contribution < -0.4 is 11.1 Å². The van der Waals surface area contributed by atoms with E-state index in [2.05, 4.69) is 21.2 Å². The van der Waals surface area contributed by atoms with E-state index in [1.54, 1.807) is 0 Å². The van der Waals surface area contributed by atoms with E-state index in [9.17, 15) is 4.79 Å². The summed E-state index contributed by atoms with van der Waals surface area (Å²) in [6, 6.07) is 5.75. The number of carbonyl (C=O) groups is 1. The number of carbonyl (C=O) groups excluding carboxylic acids is 1. The fourth-order valence-corrected chi connectivity index (χ4v) is 2.09. The van der Waals surface area contributed by atoms with Crippen molar-refractivity contribution in [3.8, 4) is 0 Å². The maximum absolute atomic E-state index is 11.9. The highest BCUT2D eigenvalue weighted by molar-refractivity contribution is 9.10. The molecule has 0 bridgehead atoms. The third kappa shape index (κ3) is 3.00. The summed E-state index contributed by atoms with van der Waals surface area (Å²) in [5, 5.41) is 2.86. The predicted molar refractivity (Wildman–Crippen MR) is 75.5 cm³/mol. The molecule has 5 heteroatoms. The van der Waals surface area contributed by atoms with Gasteiger partial charge in [0, 0.05) is 10.2 Å². The van der Waals surface area contributed by atoms with Gasteiger partial charge in [0.2, 0.25) is 5.91 Å². The van der Waals surface area contributed by atoms with Crippen molar-refractivity contribution in [1.29, 1.82) is 0 Å². The molecule has 3 nitrogen and oxygen atoms in total. The van der Waals surface area contributed by atoms with E-state index in [0.29, 0.717) is 0 Å². The molecule has 0 spiro atoms. The monoisotopic (exact) mass is 318 g/mol. The number of hydrogen-bond donors (Lipinski definition) is 2. The molecule has 0 saturated heterocycles. The van der Waals surface area contributed by atoms with Crippen molar-refractivity contribution in [1.82, 2.24) is 0 Å². The third-order valence-corrected chi connectivity index (χ3v) is 3.98. The zero-order valence-electron chi connectivity index (χ0n) is 9.63. The van der Waals surface area contributed by atoms with Gasteiger partial charge in [0.15, 0.2) is 0 Å². The van der Waals surface area contributed by atoms with Gasteiger partial charge in [-0.1, -0.05) is 22.0 Å². The van der Waals surface area contributed by atoms with E-state index in [-0.39, 0.29) is 18.3 Å². The first-order valence-electron chi connectivity index (χ1n) is 5.38. The standard InChI is InChI=1S/C12H15BrN2O.ClH/c1-8-3-4-9(7-10(8)13)15-11(16)12(14)5-2-6-12;/h3-4,7H,2,5-6,14H2,1H3,(H,15,16);1H. The number of nitrogens with two attached hydrogens (primary N) is 1. The Balaban J connectivity index is 0.00000144. The molecule has 1 fully saturated rings. The highest BCUT2D eigenvalue weighted by Gasteiger charge is 2.40. The summed E-state index contributed by atoms with van der Waals surface area (Å²) in [6.45, 7) is 2.01. The minimum atomic E-state index is -0.642. The topological polar surface area (TPSA) is 55.1 Å². The lowest BCUT2D eigenvalue weighted by molar-refractivity contribution is -0.123. The Hall–Kier alpha value is -0.580. The minimum Gasteiger partial charge on any atom is -0.324 e. The van der Waals surface area contributed by atoms with Crippen molar-refractivity contribution in [2.45, 2.75) is 31.7 Å². The van der Waals surface area contributed by atoms with Crippen LogP contribution in [0.1, 0.15) is 24.8 Å². The lowest BCUT2D eigenvalue weighted by Gasteiger charge is -2.36. The van der Waals surface area contributed by atoms with E-state index in [1.807, 2.05) is 25.1 Å². The molecule has 0 aliphatic heterocycles. The Morgan fingerprint density at radius 2 is 2.12 bits per heavy atom. The fraction of sp³-hybridized carbons (Fsp3) is 0.417. The van der Waals surface area contributed by atoms with E-state index < -0.39 is 5.54 Å². The molecule has 17 heavy (non-hydrogen) atoms. The van der Waals surface area contributed by atoms with E-state index in [4.69, 9.17) is 5.73 Å². The van der Waals surface area contributed by atoms with Crippen molar-refractivity contribution in [2.24, 2.45) is 5.73 Å². The average molecular weight is 320 g/mol. The van der Waals surface area contributed by atoms with Crippen molar-refractivity contribution in [3.63, 3.8) is 0 Å². The van der Waals surface area contributed by atoms with Crippen LogP contribution in [0.3, 0.4) is 0 Å². The van der Waals surface area contributed by atoms with E-state index >= 15 is 0 Å². The first-order chi connectivity index (χ1) is 7.51. The molecule has 94 valence electrons. The maximum atomic E-state index is 11.9. The molecule has 1 aromatic rings. The Morgan fingerprint density at radius 1 is 1.47 bits per heavy atom. The summed E-state index contributed by atoms with van der Waals surface area (Å²) in [5.74, 6) is -0.0745. The molecule has 1 aromatic carbocycles. The highest BCUT2D eigenvalue weighted by atomic mass is 79.9. The number of nitrogens with one attached hydrogen (secondary N) is 1. The molecule has 1 aliphatic rings. The van der Waals surface area contributed by atoms with Crippen molar-refractivity contribution < 1.29 is 4.79 Å². The summed E-state index contributed by atoms with van der Waals surface area (Å²) in [5.41, 5.74) is 7.23. The van der Waals surface area contributed by atoms with Gasteiger partial charge in [-0.25, -0.2) is 0 Å². The normalized spacial score (nSPS) is 16.6. The predicted octanol–water partition coefficient (Wildman–Crippen LogP) is 3.00. The SMILES string of the molecule is Cc1ccc(NC(=O)C2(N)CCC2)cc1Br.Cl. The lowest BCUT2D eigenvalue weighted by atomic mass is 9.77.